The van der Waals surface area contributed by atoms with Crippen molar-refractivity contribution in [1.82, 2.24) is 0 Å². The monoisotopic (exact) mass is 848 g/mol. The zero-order valence-electron chi connectivity index (χ0n) is 29.7. The number of halogens is 3. The molecule has 266 valence electrons. The summed E-state index contributed by atoms with van der Waals surface area (Å²) in [6.45, 7) is 4.42. The first kappa shape index (κ1) is 40.0. The molecule has 8 aromatic rings. The van der Waals surface area contributed by atoms with Crippen molar-refractivity contribution in [2.75, 3.05) is 0 Å². The average Bonchev–Trinajstić information content (AvgIpc) is 3.87. The molecule has 0 saturated heterocycles. The Morgan fingerprint density at radius 1 is 0.358 bits per heavy atom. The molecule has 0 aliphatic heterocycles. The molecule has 0 aromatic heterocycles. The Labute approximate surface area is 335 Å². The molecule has 0 aliphatic carbocycles. The standard InChI is InChI=1S/2C23H17.C2H7Si.3ClH.Mo/c2*1-4-10-18(11-5-1)21-16-22(19-12-6-2-7-13-19)23(17-21)20-14-8-3-9-15-20;1-3-2;;;;/h2*1-17H;3H,1-2H3;3*1H;/q2*-1;;;;;+3/p-3. The maximum atomic E-state index is 4.98. The molecule has 0 aliphatic rings. The quantitative estimate of drug-likeness (QED) is 0.116. The Morgan fingerprint density at radius 3 is 0.811 bits per heavy atom. The van der Waals surface area contributed by atoms with Crippen LogP contribution < -0.4 is 0 Å². The fraction of sp³-hybridized carbons (Fsp3) is 0.0417. The summed E-state index contributed by atoms with van der Waals surface area (Å²) in [5.41, 5.74) is 15.2. The summed E-state index contributed by atoms with van der Waals surface area (Å²) >= 11 is -1.94. The normalized spacial score (nSPS) is 10.2. The van der Waals surface area contributed by atoms with Gasteiger partial charge in [-0.05, 0) is 0 Å². The average molecular weight is 848 g/mol. The first-order chi connectivity index (χ1) is 26.0. The second kappa shape index (κ2) is 21.5. The first-order valence-corrected chi connectivity index (χ1v) is 27.5. The predicted octanol–water partition coefficient (Wildman–Crippen LogP) is 15.4. The molecular weight excluding hydrogens is 807 g/mol. The summed E-state index contributed by atoms with van der Waals surface area (Å²) in [4.78, 5) is 0. The minimum atomic E-state index is -1.94. The summed E-state index contributed by atoms with van der Waals surface area (Å²) in [6, 6.07) is 72.8. The summed E-state index contributed by atoms with van der Waals surface area (Å²) in [5, 5.41) is 0. The van der Waals surface area contributed by atoms with Crippen molar-refractivity contribution in [3.8, 4) is 66.8 Å². The molecule has 0 unspecified atom stereocenters. The van der Waals surface area contributed by atoms with Crippen LogP contribution in [0.25, 0.3) is 66.8 Å². The molecule has 0 atom stereocenters. The Kier molecular flexibility index (Phi) is 16.2. The Balaban J connectivity index is 0.000000174. The Morgan fingerprint density at radius 2 is 0.566 bits per heavy atom. The topological polar surface area (TPSA) is 0 Å². The zero-order chi connectivity index (χ0) is 37.3. The van der Waals surface area contributed by atoms with Gasteiger partial charge in [0.25, 0.3) is 0 Å². The Bertz CT molecular complexity index is 1910. The molecule has 0 fully saturated rings. The van der Waals surface area contributed by atoms with Crippen LogP contribution in [0, 0.1) is 0 Å². The van der Waals surface area contributed by atoms with E-state index in [2.05, 4.69) is 219 Å². The third kappa shape index (κ3) is 11.9. The molecule has 0 heterocycles. The maximum absolute atomic E-state index is 4.98. The van der Waals surface area contributed by atoms with Crippen molar-refractivity contribution in [3.63, 3.8) is 0 Å². The van der Waals surface area contributed by atoms with Crippen LogP contribution in [0.15, 0.2) is 206 Å². The van der Waals surface area contributed by atoms with E-state index in [4.69, 9.17) is 28.3 Å². The molecular formula is C48H41Cl3MoSi-2. The van der Waals surface area contributed by atoms with Crippen LogP contribution >= 0.6 is 28.3 Å². The van der Waals surface area contributed by atoms with Gasteiger partial charge in [-0.15, -0.1) is 57.6 Å². The van der Waals surface area contributed by atoms with Gasteiger partial charge in [0.1, 0.15) is 0 Å². The second-order valence-corrected chi connectivity index (χ2v) is 22.4. The van der Waals surface area contributed by atoms with Crippen molar-refractivity contribution in [3.05, 3.63) is 206 Å². The van der Waals surface area contributed by atoms with Crippen LogP contribution in [-0.4, -0.2) is 9.52 Å². The van der Waals surface area contributed by atoms with Gasteiger partial charge in [0.15, 0.2) is 0 Å². The zero-order valence-corrected chi connectivity index (χ0v) is 35.2. The van der Waals surface area contributed by atoms with Gasteiger partial charge in [-0.3, -0.25) is 0 Å². The maximum Gasteiger partial charge on any atom is -0.0587 e. The van der Waals surface area contributed by atoms with Gasteiger partial charge in [-0.2, -0.15) is 0 Å². The van der Waals surface area contributed by atoms with E-state index in [1.165, 1.54) is 66.8 Å². The number of hydrogen-bond donors (Lipinski definition) is 0. The van der Waals surface area contributed by atoms with E-state index in [-0.39, 0.29) is 0 Å². The van der Waals surface area contributed by atoms with Gasteiger partial charge in [-0.25, -0.2) is 0 Å². The van der Waals surface area contributed by atoms with Gasteiger partial charge in [0, 0.05) is 9.52 Å². The van der Waals surface area contributed by atoms with Gasteiger partial charge < -0.3 is 0 Å². The molecule has 8 aromatic carbocycles. The summed E-state index contributed by atoms with van der Waals surface area (Å²) in [7, 11) is 15.7. The van der Waals surface area contributed by atoms with Gasteiger partial charge in [0.05, 0.1) is 0 Å². The third-order valence-electron chi connectivity index (χ3n) is 8.33. The fourth-order valence-corrected chi connectivity index (χ4v) is 6.04. The predicted molar refractivity (Wildman–Crippen MR) is 233 cm³/mol. The van der Waals surface area contributed by atoms with E-state index in [9.17, 15) is 0 Å². The van der Waals surface area contributed by atoms with E-state index < -0.39 is 14.2 Å². The van der Waals surface area contributed by atoms with Crippen molar-refractivity contribution < 1.29 is 14.2 Å². The Hall–Kier alpha value is -4.20. The summed E-state index contributed by atoms with van der Waals surface area (Å²) < 4.78 is 0. The molecule has 0 N–H and O–H groups in total. The van der Waals surface area contributed by atoms with E-state index in [0.29, 0.717) is 0 Å². The van der Waals surface area contributed by atoms with Crippen LogP contribution in [0.1, 0.15) is 0 Å². The molecule has 0 spiro atoms. The molecule has 8 rings (SSSR count). The second-order valence-electron chi connectivity index (χ2n) is 12.1. The van der Waals surface area contributed by atoms with E-state index >= 15 is 0 Å². The molecule has 0 bridgehead atoms. The van der Waals surface area contributed by atoms with Crippen LogP contribution in [0.3, 0.4) is 0 Å². The van der Waals surface area contributed by atoms with Crippen molar-refractivity contribution in [2.24, 2.45) is 0 Å². The van der Waals surface area contributed by atoms with Gasteiger partial charge >= 0.3 is 42.4 Å². The van der Waals surface area contributed by atoms with Gasteiger partial charge in [0.2, 0.25) is 0 Å². The van der Waals surface area contributed by atoms with Crippen LogP contribution in [0.4, 0.5) is 0 Å². The third-order valence-corrected chi connectivity index (χ3v) is 8.33. The molecule has 0 nitrogen and oxygen atoms in total. The SMILES string of the molecule is C[SiH]C.[Cl][Mo]([Cl])[Cl].c1ccc(-c2cc(-c3ccccc3)c(-c3ccccc3)[cH-]2)cc1.c1ccc(-c2cc(-c3ccccc3)c(-c3ccccc3)[cH-]2)cc1. The summed E-state index contributed by atoms with van der Waals surface area (Å²) in [6.07, 6.45) is 0. The largest absolute Gasteiger partial charge is 0.144 e. The van der Waals surface area contributed by atoms with Crippen LogP contribution in [-0.2, 0) is 14.2 Å². The molecule has 0 amide bonds. The van der Waals surface area contributed by atoms with E-state index in [1.807, 2.05) is 0 Å². The smallest absolute Gasteiger partial charge is 0.0587 e. The minimum Gasteiger partial charge on any atom is -0.144 e. The number of benzene rings is 6. The van der Waals surface area contributed by atoms with Crippen molar-refractivity contribution in [2.45, 2.75) is 13.1 Å². The van der Waals surface area contributed by atoms with Crippen LogP contribution in [0.5, 0.6) is 0 Å². The molecule has 53 heavy (non-hydrogen) atoms. The fourth-order valence-electron chi connectivity index (χ4n) is 6.04. The molecule has 1 radical (unpaired) electrons. The van der Waals surface area contributed by atoms with E-state index in [1.54, 1.807) is 0 Å². The molecule has 0 saturated carbocycles. The van der Waals surface area contributed by atoms with E-state index in [0.717, 1.165) is 9.52 Å². The van der Waals surface area contributed by atoms with Crippen molar-refractivity contribution >= 4 is 37.8 Å². The number of hydrogen-bond acceptors (Lipinski definition) is 0. The van der Waals surface area contributed by atoms with Crippen LogP contribution in [0.2, 0.25) is 13.1 Å². The van der Waals surface area contributed by atoms with Gasteiger partial charge in [-0.1, -0.05) is 228 Å². The first-order valence-electron chi connectivity index (χ1n) is 17.4. The number of rotatable bonds is 6. The minimum absolute atomic E-state index is 0.750. The molecule has 5 heteroatoms. The van der Waals surface area contributed by atoms with Crippen molar-refractivity contribution in [1.29, 1.82) is 0 Å². The summed E-state index contributed by atoms with van der Waals surface area (Å²) in [5.74, 6) is 0.